The predicted molar refractivity (Wildman–Crippen MR) is 70.2 cm³/mol. The number of nitro groups is 1. The van der Waals surface area contributed by atoms with E-state index in [0.717, 1.165) is 0 Å². The van der Waals surface area contributed by atoms with Crippen LogP contribution in [0.4, 0.5) is 5.69 Å². The number of non-ortho nitro benzene ring substituents is 1. The summed E-state index contributed by atoms with van der Waals surface area (Å²) in [7, 11) is 0. The molecule has 0 amide bonds. The second-order valence-electron chi connectivity index (χ2n) is 4.92. The summed E-state index contributed by atoms with van der Waals surface area (Å²) in [5, 5.41) is 39.5. The standard InChI is InChI=1S/C13H17NO7/c1-7-10(15)11(16)12(17)13(21-7)20-6-8-2-4-9(5-3-8)14(18)19/h2-5,7,10-13,15-17H,6H2,1H3/t7-,10+,11+,12-,13+/m0/s1. The van der Waals surface area contributed by atoms with Gasteiger partial charge in [-0.3, -0.25) is 10.1 Å². The highest BCUT2D eigenvalue weighted by molar-refractivity contribution is 5.32. The van der Waals surface area contributed by atoms with Crippen LogP contribution in [0.25, 0.3) is 0 Å². The molecule has 1 saturated heterocycles. The lowest BCUT2D eigenvalue weighted by atomic mass is 10.00. The van der Waals surface area contributed by atoms with Crippen molar-refractivity contribution in [1.29, 1.82) is 0 Å². The highest BCUT2D eigenvalue weighted by atomic mass is 16.7. The first-order chi connectivity index (χ1) is 9.90. The predicted octanol–water partition coefficient (Wildman–Crippen LogP) is -0.0611. The number of ether oxygens (including phenoxy) is 2. The molecule has 8 nitrogen and oxygen atoms in total. The number of hydrogen-bond donors (Lipinski definition) is 3. The quantitative estimate of drug-likeness (QED) is 0.525. The van der Waals surface area contributed by atoms with Gasteiger partial charge in [-0.1, -0.05) is 0 Å². The fourth-order valence-corrected chi connectivity index (χ4v) is 2.04. The molecule has 21 heavy (non-hydrogen) atoms. The summed E-state index contributed by atoms with van der Waals surface area (Å²) in [6.45, 7) is 1.61. The molecule has 8 heteroatoms. The average molecular weight is 299 g/mol. The smallest absolute Gasteiger partial charge is 0.269 e. The van der Waals surface area contributed by atoms with Crippen LogP contribution in [0, 0.1) is 10.1 Å². The van der Waals surface area contributed by atoms with Crippen LogP contribution in [0.15, 0.2) is 24.3 Å². The average Bonchev–Trinajstić information content (AvgIpc) is 2.48. The van der Waals surface area contributed by atoms with Crippen molar-refractivity contribution in [2.75, 3.05) is 0 Å². The number of hydrogen-bond acceptors (Lipinski definition) is 7. The molecule has 0 unspecified atom stereocenters. The van der Waals surface area contributed by atoms with E-state index < -0.39 is 35.6 Å². The molecule has 1 aliphatic rings. The lowest BCUT2D eigenvalue weighted by molar-refractivity contribution is -0.384. The topological polar surface area (TPSA) is 122 Å². The van der Waals surface area contributed by atoms with Gasteiger partial charge in [0.15, 0.2) is 6.29 Å². The molecule has 2 rings (SSSR count). The molecule has 1 heterocycles. The Kier molecular flexibility index (Phi) is 4.86. The molecule has 1 aliphatic heterocycles. The largest absolute Gasteiger partial charge is 0.388 e. The lowest BCUT2D eigenvalue weighted by Crippen LogP contribution is -2.57. The molecule has 0 radical (unpaired) electrons. The molecular formula is C13H17NO7. The zero-order valence-electron chi connectivity index (χ0n) is 11.3. The summed E-state index contributed by atoms with van der Waals surface area (Å²) in [6, 6.07) is 5.75. The third kappa shape index (κ3) is 3.55. The van der Waals surface area contributed by atoms with Crippen LogP contribution >= 0.6 is 0 Å². The first kappa shape index (κ1) is 15.8. The van der Waals surface area contributed by atoms with Crippen LogP contribution in [-0.4, -0.2) is 50.9 Å². The molecule has 0 spiro atoms. The van der Waals surface area contributed by atoms with Crippen LogP contribution in [-0.2, 0) is 16.1 Å². The van der Waals surface area contributed by atoms with Crippen molar-refractivity contribution in [3.8, 4) is 0 Å². The molecule has 5 atom stereocenters. The van der Waals surface area contributed by atoms with Gasteiger partial charge in [-0.15, -0.1) is 0 Å². The fourth-order valence-electron chi connectivity index (χ4n) is 2.04. The highest BCUT2D eigenvalue weighted by Gasteiger charge is 2.42. The Bertz CT molecular complexity index is 492. The third-order valence-corrected chi connectivity index (χ3v) is 3.37. The summed E-state index contributed by atoms with van der Waals surface area (Å²) in [6.07, 6.45) is -5.65. The monoisotopic (exact) mass is 299 g/mol. The Morgan fingerprint density at radius 2 is 1.81 bits per heavy atom. The van der Waals surface area contributed by atoms with Gasteiger partial charge in [0.2, 0.25) is 0 Å². The van der Waals surface area contributed by atoms with E-state index in [1.54, 1.807) is 6.92 Å². The van der Waals surface area contributed by atoms with Crippen molar-refractivity contribution in [2.24, 2.45) is 0 Å². The number of aliphatic hydroxyl groups is 3. The number of aliphatic hydroxyl groups excluding tert-OH is 3. The minimum absolute atomic E-state index is 0.0279. The van der Waals surface area contributed by atoms with Gasteiger partial charge in [0, 0.05) is 12.1 Å². The van der Waals surface area contributed by atoms with E-state index in [1.807, 2.05) is 0 Å². The Morgan fingerprint density at radius 1 is 1.19 bits per heavy atom. The molecule has 0 bridgehead atoms. The summed E-state index contributed by atoms with van der Waals surface area (Å²) in [5.41, 5.74) is 0.629. The van der Waals surface area contributed by atoms with Gasteiger partial charge >= 0.3 is 0 Å². The van der Waals surface area contributed by atoms with Gasteiger partial charge in [0.1, 0.15) is 18.3 Å². The second kappa shape index (κ2) is 6.46. The van der Waals surface area contributed by atoms with Gasteiger partial charge in [0.05, 0.1) is 17.6 Å². The maximum Gasteiger partial charge on any atom is 0.269 e. The molecule has 1 aromatic carbocycles. The zero-order valence-corrected chi connectivity index (χ0v) is 11.3. The normalized spacial score (nSPS) is 32.9. The molecule has 0 saturated carbocycles. The molecule has 3 N–H and O–H groups in total. The van der Waals surface area contributed by atoms with E-state index >= 15 is 0 Å². The van der Waals surface area contributed by atoms with Crippen molar-refractivity contribution in [3.05, 3.63) is 39.9 Å². The van der Waals surface area contributed by atoms with Crippen LogP contribution in [0.5, 0.6) is 0 Å². The number of benzene rings is 1. The van der Waals surface area contributed by atoms with Crippen molar-refractivity contribution < 1.29 is 29.7 Å². The maximum absolute atomic E-state index is 10.5. The molecular weight excluding hydrogens is 282 g/mol. The molecule has 0 aromatic heterocycles. The van der Waals surface area contributed by atoms with Crippen LogP contribution in [0.2, 0.25) is 0 Å². The summed E-state index contributed by atoms with van der Waals surface area (Å²) < 4.78 is 10.6. The third-order valence-electron chi connectivity index (χ3n) is 3.37. The number of rotatable bonds is 4. The van der Waals surface area contributed by atoms with Crippen molar-refractivity contribution in [1.82, 2.24) is 0 Å². The van der Waals surface area contributed by atoms with Crippen molar-refractivity contribution in [3.63, 3.8) is 0 Å². The Morgan fingerprint density at radius 3 is 2.38 bits per heavy atom. The summed E-state index contributed by atoms with van der Waals surface area (Å²) in [5.74, 6) is 0. The Hall–Kier alpha value is -1.58. The van der Waals surface area contributed by atoms with Crippen LogP contribution in [0.1, 0.15) is 12.5 Å². The first-order valence-corrected chi connectivity index (χ1v) is 6.44. The summed E-state index contributed by atoms with van der Waals surface area (Å²) >= 11 is 0. The van der Waals surface area contributed by atoms with E-state index in [4.69, 9.17) is 9.47 Å². The highest BCUT2D eigenvalue weighted by Crippen LogP contribution is 2.23. The van der Waals surface area contributed by atoms with E-state index in [0.29, 0.717) is 5.56 Å². The van der Waals surface area contributed by atoms with Gasteiger partial charge in [-0.05, 0) is 24.6 Å². The van der Waals surface area contributed by atoms with Gasteiger partial charge in [0.25, 0.3) is 5.69 Å². The molecule has 1 fully saturated rings. The van der Waals surface area contributed by atoms with Gasteiger partial charge in [-0.2, -0.15) is 0 Å². The number of nitro benzene ring substituents is 1. The van der Waals surface area contributed by atoms with E-state index in [1.165, 1.54) is 24.3 Å². The van der Waals surface area contributed by atoms with Crippen LogP contribution < -0.4 is 0 Å². The minimum atomic E-state index is -1.37. The van der Waals surface area contributed by atoms with Crippen molar-refractivity contribution in [2.45, 2.75) is 44.2 Å². The summed E-state index contributed by atoms with van der Waals surface area (Å²) in [4.78, 5) is 10.0. The van der Waals surface area contributed by atoms with Crippen molar-refractivity contribution >= 4 is 5.69 Å². The molecule has 0 aliphatic carbocycles. The fraction of sp³-hybridized carbons (Fsp3) is 0.538. The molecule has 116 valence electrons. The first-order valence-electron chi connectivity index (χ1n) is 6.44. The maximum atomic E-state index is 10.5. The van der Waals surface area contributed by atoms with E-state index in [9.17, 15) is 25.4 Å². The Balaban J connectivity index is 1.94. The van der Waals surface area contributed by atoms with Crippen LogP contribution in [0.3, 0.4) is 0 Å². The second-order valence-corrected chi connectivity index (χ2v) is 4.92. The Labute approximate surface area is 120 Å². The van der Waals surface area contributed by atoms with Gasteiger partial charge < -0.3 is 24.8 Å². The number of nitrogens with zero attached hydrogens (tertiary/aromatic N) is 1. The molecule has 1 aromatic rings. The lowest BCUT2D eigenvalue weighted by Gasteiger charge is -2.38. The zero-order chi connectivity index (χ0) is 15.6. The van der Waals surface area contributed by atoms with Gasteiger partial charge in [-0.25, -0.2) is 0 Å². The minimum Gasteiger partial charge on any atom is -0.388 e. The SMILES string of the molecule is C[C@@H]1O[C@@H](OCc2ccc([N+](=O)[O-])cc2)[C@@H](O)[C@H](O)[C@@H]1O. The van der Waals surface area contributed by atoms with E-state index in [-0.39, 0.29) is 12.3 Å². The van der Waals surface area contributed by atoms with E-state index in [2.05, 4.69) is 0 Å².